The summed E-state index contributed by atoms with van der Waals surface area (Å²) in [6.45, 7) is 3.35. The van der Waals surface area contributed by atoms with Gasteiger partial charge in [-0.15, -0.1) is 0 Å². The van der Waals surface area contributed by atoms with Crippen molar-refractivity contribution >= 4 is 41.4 Å². The second-order valence-electron chi connectivity index (χ2n) is 16.3. The molecule has 3 aliphatic heterocycles. The van der Waals surface area contributed by atoms with E-state index in [0.29, 0.717) is 37.7 Å². The number of likely N-dealkylation sites (N-methyl/N-ethyl adjacent to an activating group) is 1. The van der Waals surface area contributed by atoms with E-state index in [1.807, 2.05) is 50.3 Å². The first-order valence-corrected chi connectivity index (χ1v) is 20.5. The van der Waals surface area contributed by atoms with Crippen molar-refractivity contribution in [1.82, 2.24) is 31.1 Å². The summed E-state index contributed by atoms with van der Waals surface area (Å²) in [7, 11) is 3.12. The van der Waals surface area contributed by atoms with Crippen molar-refractivity contribution in [2.24, 2.45) is 5.92 Å². The van der Waals surface area contributed by atoms with Crippen LogP contribution in [0.2, 0.25) is 0 Å². The Balaban J connectivity index is 1.32. The Morgan fingerprint density at radius 1 is 0.915 bits per heavy atom. The van der Waals surface area contributed by atoms with E-state index >= 15 is 0 Å². The SMILES string of the molecule is CN(C)C(=O)[C@@H](NC(=O)CNC(=O)C(=O)[C@@H]1CCCC/C=C/CCCC[C@H](NC(=O)OCc2ccccc2)C(=O)N2CC3OC(C)(C)C[C@@H]3[C@H]2C(=O)N1)c1ccccc1. The molecule has 2 aromatic carbocycles. The highest BCUT2D eigenvalue weighted by molar-refractivity contribution is 6.38. The molecule has 0 aliphatic carbocycles. The van der Waals surface area contributed by atoms with E-state index in [0.717, 1.165) is 24.8 Å². The van der Waals surface area contributed by atoms with Gasteiger partial charge >= 0.3 is 6.09 Å². The lowest BCUT2D eigenvalue weighted by Gasteiger charge is -2.32. The Hall–Kier alpha value is -5.57. The Bertz CT molecular complexity index is 1840. The predicted octanol–water partition coefficient (Wildman–Crippen LogP) is 3.48. The van der Waals surface area contributed by atoms with Gasteiger partial charge in [-0.1, -0.05) is 85.7 Å². The van der Waals surface area contributed by atoms with Gasteiger partial charge in [0.2, 0.25) is 29.4 Å². The fraction of sp³-hybridized carbons (Fsp3) is 0.523. The van der Waals surface area contributed by atoms with Gasteiger partial charge in [-0.2, -0.15) is 0 Å². The monoisotopic (exact) mass is 814 g/mol. The highest BCUT2D eigenvalue weighted by atomic mass is 16.5. The number of fused-ring (bicyclic) bond motifs is 3. The third-order valence-electron chi connectivity index (χ3n) is 10.9. The van der Waals surface area contributed by atoms with E-state index in [2.05, 4.69) is 27.3 Å². The molecule has 0 aromatic heterocycles. The van der Waals surface area contributed by atoms with Crippen LogP contribution in [0.1, 0.15) is 88.8 Å². The van der Waals surface area contributed by atoms with Gasteiger partial charge in [0, 0.05) is 26.6 Å². The second kappa shape index (κ2) is 20.9. The molecule has 2 fully saturated rings. The number of allylic oxidation sites excluding steroid dienone is 2. The Kier molecular flexibility index (Phi) is 15.8. The number of hydrogen-bond donors (Lipinski definition) is 4. The van der Waals surface area contributed by atoms with Crippen molar-refractivity contribution in [2.75, 3.05) is 27.2 Å². The van der Waals surface area contributed by atoms with Gasteiger partial charge in [-0.05, 0) is 69.9 Å². The minimum Gasteiger partial charge on any atom is -0.445 e. The number of nitrogens with zero attached hydrogens (tertiary/aromatic N) is 2. The molecule has 0 radical (unpaired) electrons. The average molecular weight is 815 g/mol. The van der Waals surface area contributed by atoms with Crippen molar-refractivity contribution in [2.45, 2.75) is 114 Å². The molecule has 4 N–H and O–H groups in total. The largest absolute Gasteiger partial charge is 0.445 e. The van der Waals surface area contributed by atoms with Crippen LogP contribution in [-0.4, -0.2) is 108 Å². The maximum atomic E-state index is 14.5. The van der Waals surface area contributed by atoms with Crippen LogP contribution in [0.3, 0.4) is 0 Å². The number of rotatable bonds is 10. The minimum atomic E-state index is -1.26. The van der Waals surface area contributed by atoms with E-state index in [1.54, 1.807) is 44.4 Å². The smallest absolute Gasteiger partial charge is 0.408 e. The topological polar surface area (TPSA) is 193 Å². The molecular weight excluding hydrogens is 757 g/mol. The molecule has 3 aliphatic rings. The van der Waals surface area contributed by atoms with Crippen LogP contribution in [0.4, 0.5) is 4.79 Å². The summed E-state index contributed by atoms with van der Waals surface area (Å²) >= 11 is 0. The van der Waals surface area contributed by atoms with Crippen LogP contribution < -0.4 is 21.3 Å². The molecule has 6 atom stereocenters. The summed E-state index contributed by atoms with van der Waals surface area (Å²) in [5.41, 5.74) is 0.757. The Morgan fingerprint density at radius 2 is 1.56 bits per heavy atom. The lowest BCUT2D eigenvalue weighted by Crippen LogP contribution is -2.58. The van der Waals surface area contributed by atoms with Gasteiger partial charge in [0.1, 0.15) is 24.7 Å². The van der Waals surface area contributed by atoms with Gasteiger partial charge in [-0.3, -0.25) is 28.8 Å². The van der Waals surface area contributed by atoms with Gasteiger partial charge in [0.15, 0.2) is 0 Å². The number of ketones is 1. The predicted molar refractivity (Wildman–Crippen MR) is 218 cm³/mol. The summed E-state index contributed by atoms with van der Waals surface area (Å²) in [6.07, 6.45) is 7.86. The molecule has 0 saturated carbocycles. The molecule has 3 heterocycles. The number of nitrogens with one attached hydrogen (secondary N) is 4. The van der Waals surface area contributed by atoms with Crippen molar-refractivity contribution in [3.63, 3.8) is 0 Å². The molecule has 2 aromatic rings. The number of benzene rings is 2. The molecule has 0 bridgehead atoms. The number of hydrogen-bond acceptors (Lipinski definition) is 9. The summed E-state index contributed by atoms with van der Waals surface area (Å²) in [5, 5.41) is 10.6. The number of alkyl carbamates (subject to hydrolysis) is 1. The molecule has 59 heavy (non-hydrogen) atoms. The summed E-state index contributed by atoms with van der Waals surface area (Å²) in [6, 6.07) is 13.5. The average Bonchev–Trinajstić information content (AvgIpc) is 3.71. The first-order valence-electron chi connectivity index (χ1n) is 20.5. The number of amides is 6. The van der Waals surface area contributed by atoms with Crippen LogP contribution in [-0.2, 0) is 44.8 Å². The maximum absolute atomic E-state index is 14.5. The molecule has 15 nitrogen and oxygen atoms in total. The zero-order chi connectivity index (χ0) is 42.5. The molecule has 1 unspecified atom stereocenters. The highest BCUT2D eigenvalue weighted by Gasteiger charge is 2.56. The third-order valence-corrected chi connectivity index (χ3v) is 10.9. The first kappa shape index (κ1) is 44.5. The Morgan fingerprint density at radius 3 is 2.22 bits per heavy atom. The fourth-order valence-electron chi connectivity index (χ4n) is 7.99. The number of ether oxygens (including phenoxy) is 2. The van der Waals surface area contributed by atoms with Gasteiger partial charge in [0.25, 0.3) is 5.91 Å². The number of Topliss-reactive ketones (excluding diaryl/α,β-unsaturated/α-hetero) is 1. The highest BCUT2D eigenvalue weighted by Crippen LogP contribution is 2.43. The zero-order valence-electron chi connectivity index (χ0n) is 34.4. The standard InChI is InChI=1S/C44H58N6O9/c1-44(2)25-31-34(59-44)27-50-37(31)39(53)46-32(38(52)40(54)45-26-35(51)48-36(42(56)49(3)4)30-21-15-12-16-22-30)23-17-9-7-5-6-8-10-18-24-33(41(50)55)47-43(57)58-28-29-19-13-11-14-20-29/h5-6,11-16,19-22,31-34,36-37H,7-10,17-18,23-28H2,1-4H3,(H,45,54)(H,46,53)(H,47,57)(H,48,51)/b6-5+/t31-,32-,33-,34?,36-,37-/m0/s1. The number of carbonyl (C=O) groups excluding carboxylic acids is 7. The van der Waals surface area contributed by atoms with Gasteiger partial charge in [-0.25, -0.2) is 4.79 Å². The molecule has 5 rings (SSSR count). The molecule has 318 valence electrons. The van der Waals surface area contributed by atoms with E-state index < -0.39 is 83.8 Å². The second-order valence-corrected chi connectivity index (χ2v) is 16.3. The summed E-state index contributed by atoms with van der Waals surface area (Å²) < 4.78 is 11.8. The summed E-state index contributed by atoms with van der Waals surface area (Å²) in [4.78, 5) is 97.9. The van der Waals surface area contributed by atoms with E-state index in [4.69, 9.17) is 9.47 Å². The van der Waals surface area contributed by atoms with Crippen molar-refractivity contribution < 1.29 is 43.0 Å². The lowest BCUT2D eigenvalue weighted by molar-refractivity contribution is -0.144. The van der Waals surface area contributed by atoms with Crippen LogP contribution in [0, 0.1) is 5.92 Å². The fourth-order valence-corrected chi connectivity index (χ4v) is 7.99. The third kappa shape index (κ3) is 12.5. The zero-order valence-corrected chi connectivity index (χ0v) is 34.4. The van der Waals surface area contributed by atoms with Gasteiger partial charge < -0.3 is 40.5 Å². The molecule has 0 spiro atoms. The molecule has 2 saturated heterocycles. The maximum Gasteiger partial charge on any atom is 0.408 e. The van der Waals surface area contributed by atoms with E-state index in [1.165, 1.54) is 9.80 Å². The normalized spacial score (nSPS) is 24.5. The minimum absolute atomic E-state index is 0.0121. The van der Waals surface area contributed by atoms with Crippen molar-refractivity contribution in [3.05, 3.63) is 83.9 Å². The first-order chi connectivity index (χ1) is 28.2. The van der Waals surface area contributed by atoms with Crippen molar-refractivity contribution in [3.8, 4) is 0 Å². The van der Waals surface area contributed by atoms with Crippen LogP contribution in [0.5, 0.6) is 0 Å². The molecule has 6 amide bonds. The molecule has 15 heteroatoms. The molecular formula is C44H58N6O9. The van der Waals surface area contributed by atoms with Gasteiger partial charge in [0.05, 0.1) is 24.3 Å². The summed E-state index contributed by atoms with van der Waals surface area (Å²) in [5.74, 6) is -4.59. The van der Waals surface area contributed by atoms with Crippen LogP contribution in [0.15, 0.2) is 72.8 Å². The van der Waals surface area contributed by atoms with Crippen molar-refractivity contribution in [1.29, 1.82) is 0 Å². The quantitative estimate of drug-likeness (QED) is 0.205. The van der Waals surface area contributed by atoms with Crippen LogP contribution >= 0.6 is 0 Å². The van der Waals surface area contributed by atoms with E-state index in [-0.39, 0.29) is 25.5 Å². The lowest BCUT2D eigenvalue weighted by atomic mass is 9.89. The Labute approximate surface area is 346 Å². The van der Waals surface area contributed by atoms with E-state index in [9.17, 15) is 33.6 Å². The number of carbonyl (C=O) groups is 7. The van der Waals surface area contributed by atoms with Crippen LogP contribution in [0.25, 0.3) is 0 Å².